The van der Waals surface area contributed by atoms with Crippen LogP contribution in [0.25, 0.3) is 0 Å². The molecule has 0 heterocycles. The van der Waals surface area contributed by atoms with E-state index in [1.165, 1.54) is 0 Å². The molecule has 2 aliphatic carbocycles. The average Bonchev–Trinajstić information content (AvgIpc) is 3.11. The number of isocyanates is 1. The third-order valence-electron chi connectivity index (χ3n) is 3.95. The van der Waals surface area contributed by atoms with Gasteiger partial charge in [-0.25, -0.2) is 9.18 Å². The molecule has 0 spiro atoms. The molecule has 88 valence electrons. The van der Waals surface area contributed by atoms with Gasteiger partial charge in [-0.05, 0) is 49.7 Å². The third-order valence-corrected chi connectivity index (χ3v) is 3.95. The molecule has 0 N–H and O–H groups in total. The van der Waals surface area contributed by atoms with Crippen molar-refractivity contribution in [2.75, 3.05) is 0 Å². The smallest absolute Gasteiger partial charge is 0.211 e. The fourth-order valence-electron chi connectivity index (χ4n) is 2.79. The molecule has 0 atom stereocenters. The molecule has 1 aromatic rings. The van der Waals surface area contributed by atoms with Gasteiger partial charge >= 0.3 is 0 Å². The minimum Gasteiger partial charge on any atom is -0.211 e. The highest BCUT2D eigenvalue weighted by Gasteiger charge is 2.47. The second-order valence-corrected chi connectivity index (χ2v) is 5.01. The van der Waals surface area contributed by atoms with Crippen LogP contribution in [-0.4, -0.2) is 6.08 Å². The van der Waals surface area contributed by atoms with Crippen molar-refractivity contribution >= 4 is 6.08 Å². The Morgan fingerprint density at radius 1 is 1.24 bits per heavy atom. The molecule has 0 bridgehead atoms. The predicted molar refractivity (Wildman–Crippen MR) is 62.1 cm³/mol. The van der Waals surface area contributed by atoms with Gasteiger partial charge in [-0.1, -0.05) is 12.1 Å². The quantitative estimate of drug-likeness (QED) is 0.568. The minimum atomic E-state index is -0.585. The van der Waals surface area contributed by atoms with Crippen LogP contribution in [0.15, 0.2) is 17.1 Å². The maximum atomic E-state index is 14.4. The molecular formula is C14H14FNO. The summed E-state index contributed by atoms with van der Waals surface area (Å²) in [6, 6.07) is 3.82. The standard InChI is InChI=1S/C14H14FNO/c15-13-11-4-2-1-3-10(11)5-6-12(13)14(7-8-14)16-9-17/h5-6H,1-4,7-8H2. The van der Waals surface area contributed by atoms with Crippen LogP contribution in [-0.2, 0) is 23.2 Å². The summed E-state index contributed by atoms with van der Waals surface area (Å²) in [6.45, 7) is 0. The molecule has 0 aliphatic heterocycles. The lowest BCUT2D eigenvalue weighted by Crippen LogP contribution is -2.12. The molecule has 0 radical (unpaired) electrons. The van der Waals surface area contributed by atoms with Crippen LogP contribution in [0, 0.1) is 5.82 Å². The van der Waals surface area contributed by atoms with Gasteiger partial charge in [0.15, 0.2) is 0 Å². The normalized spacial score (nSPS) is 20.3. The summed E-state index contributed by atoms with van der Waals surface area (Å²) in [5.74, 6) is -0.126. The van der Waals surface area contributed by atoms with Crippen molar-refractivity contribution in [3.05, 3.63) is 34.6 Å². The summed E-state index contributed by atoms with van der Waals surface area (Å²) < 4.78 is 14.4. The Hall–Kier alpha value is -1.47. The molecule has 1 aromatic carbocycles. The first-order chi connectivity index (χ1) is 8.27. The molecule has 3 heteroatoms. The average molecular weight is 231 g/mol. The van der Waals surface area contributed by atoms with Crippen LogP contribution in [0.1, 0.15) is 42.4 Å². The number of aliphatic imine (C=N–C) groups is 1. The van der Waals surface area contributed by atoms with Crippen LogP contribution in [0.3, 0.4) is 0 Å². The molecule has 1 saturated carbocycles. The van der Waals surface area contributed by atoms with Gasteiger partial charge in [0.2, 0.25) is 6.08 Å². The number of aryl methyl sites for hydroxylation is 1. The Labute approximate surface area is 99.6 Å². The Bertz CT molecular complexity index is 513. The number of fused-ring (bicyclic) bond motifs is 1. The van der Waals surface area contributed by atoms with E-state index in [2.05, 4.69) is 4.99 Å². The zero-order valence-electron chi connectivity index (χ0n) is 9.63. The van der Waals surface area contributed by atoms with E-state index >= 15 is 0 Å². The number of nitrogens with zero attached hydrogens (tertiary/aromatic N) is 1. The Kier molecular flexibility index (Phi) is 2.37. The zero-order valence-corrected chi connectivity index (χ0v) is 9.63. The van der Waals surface area contributed by atoms with Crippen molar-refractivity contribution in [3.8, 4) is 0 Å². The van der Waals surface area contributed by atoms with Crippen LogP contribution < -0.4 is 0 Å². The SMILES string of the molecule is O=C=NC1(c2ccc3c(c2F)CCCC3)CC1. The van der Waals surface area contributed by atoms with E-state index in [9.17, 15) is 9.18 Å². The fourth-order valence-corrected chi connectivity index (χ4v) is 2.79. The molecule has 17 heavy (non-hydrogen) atoms. The fraction of sp³-hybridized carbons (Fsp3) is 0.500. The number of carbonyl (C=O) groups excluding carboxylic acids is 1. The van der Waals surface area contributed by atoms with Gasteiger partial charge in [0.1, 0.15) is 11.4 Å². The van der Waals surface area contributed by atoms with E-state index < -0.39 is 5.54 Å². The lowest BCUT2D eigenvalue weighted by atomic mass is 9.88. The van der Waals surface area contributed by atoms with Crippen molar-refractivity contribution < 1.29 is 9.18 Å². The van der Waals surface area contributed by atoms with Crippen molar-refractivity contribution in [3.63, 3.8) is 0 Å². The topological polar surface area (TPSA) is 29.4 Å². The minimum absolute atomic E-state index is 0.126. The molecule has 3 rings (SSSR count). The highest BCUT2D eigenvalue weighted by atomic mass is 19.1. The monoisotopic (exact) mass is 231 g/mol. The molecule has 0 amide bonds. The summed E-state index contributed by atoms with van der Waals surface area (Å²) in [4.78, 5) is 14.2. The van der Waals surface area contributed by atoms with Gasteiger partial charge in [-0.2, -0.15) is 4.99 Å². The van der Waals surface area contributed by atoms with E-state index in [-0.39, 0.29) is 5.82 Å². The van der Waals surface area contributed by atoms with E-state index in [1.54, 1.807) is 6.08 Å². The van der Waals surface area contributed by atoms with Crippen molar-refractivity contribution in [1.82, 2.24) is 0 Å². The molecular weight excluding hydrogens is 217 g/mol. The number of halogens is 1. The maximum absolute atomic E-state index is 14.4. The number of benzene rings is 1. The predicted octanol–water partition coefficient (Wildman–Crippen LogP) is 3.03. The van der Waals surface area contributed by atoms with E-state index in [0.29, 0.717) is 5.56 Å². The highest BCUT2D eigenvalue weighted by Crippen LogP contribution is 2.50. The first-order valence-electron chi connectivity index (χ1n) is 6.17. The first kappa shape index (κ1) is 10.7. The van der Waals surface area contributed by atoms with E-state index in [1.807, 2.05) is 12.1 Å². The van der Waals surface area contributed by atoms with Gasteiger partial charge in [0.25, 0.3) is 0 Å². The van der Waals surface area contributed by atoms with Gasteiger partial charge in [0.05, 0.1) is 0 Å². The van der Waals surface area contributed by atoms with Crippen LogP contribution in [0.4, 0.5) is 4.39 Å². The maximum Gasteiger partial charge on any atom is 0.235 e. The lowest BCUT2D eigenvalue weighted by Gasteiger charge is -2.20. The Morgan fingerprint density at radius 3 is 2.71 bits per heavy atom. The second-order valence-electron chi connectivity index (χ2n) is 5.01. The summed E-state index contributed by atoms with van der Waals surface area (Å²) in [6.07, 6.45) is 7.09. The number of rotatable bonds is 2. The largest absolute Gasteiger partial charge is 0.235 e. The molecule has 0 saturated heterocycles. The molecule has 1 fully saturated rings. The Balaban J connectivity index is 2.10. The highest BCUT2D eigenvalue weighted by molar-refractivity contribution is 5.45. The summed E-state index contributed by atoms with van der Waals surface area (Å²) in [5, 5.41) is 0. The molecule has 0 unspecified atom stereocenters. The third kappa shape index (κ3) is 1.62. The molecule has 0 aromatic heterocycles. The van der Waals surface area contributed by atoms with Crippen molar-refractivity contribution in [2.45, 2.75) is 44.1 Å². The zero-order chi connectivity index (χ0) is 11.9. The number of hydrogen-bond acceptors (Lipinski definition) is 2. The number of hydrogen-bond donors (Lipinski definition) is 0. The van der Waals surface area contributed by atoms with Gasteiger partial charge in [-0.3, -0.25) is 0 Å². The van der Waals surface area contributed by atoms with Gasteiger partial charge < -0.3 is 0 Å². The van der Waals surface area contributed by atoms with E-state index in [0.717, 1.165) is 49.7 Å². The van der Waals surface area contributed by atoms with E-state index in [4.69, 9.17) is 0 Å². The summed E-state index contributed by atoms with van der Waals surface area (Å²) in [5.41, 5.74) is 1.99. The first-order valence-corrected chi connectivity index (χ1v) is 6.17. The Morgan fingerprint density at radius 2 is 2.00 bits per heavy atom. The van der Waals surface area contributed by atoms with Gasteiger partial charge in [0, 0.05) is 5.56 Å². The van der Waals surface area contributed by atoms with Gasteiger partial charge in [-0.15, -0.1) is 0 Å². The summed E-state index contributed by atoms with van der Waals surface area (Å²) in [7, 11) is 0. The van der Waals surface area contributed by atoms with Crippen molar-refractivity contribution in [2.24, 2.45) is 4.99 Å². The molecule has 2 nitrogen and oxygen atoms in total. The van der Waals surface area contributed by atoms with Crippen LogP contribution in [0.2, 0.25) is 0 Å². The summed E-state index contributed by atoms with van der Waals surface area (Å²) >= 11 is 0. The second kappa shape index (κ2) is 3.78. The molecule has 2 aliphatic rings. The van der Waals surface area contributed by atoms with Crippen LogP contribution >= 0.6 is 0 Å². The van der Waals surface area contributed by atoms with Crippen molar-refractivity contribution in [1.29, 1.82) is 0 Å². The van der Waals surface area contributed by atoms with Crippen LogP contribution in [0.5, 0.6) is 0 Å². The lowest BCUT2D eigenvalue weighted by molar-refractivity contribution is 0.534.